The van der Waals surface area contributed by atoms with E-state index in [9.17, 15) is 4.79 Å². The van der Waals surface area contributed by atoms with Crippen LogP contribution in [-0.4, -0.2) is 22.5 Å². The number of nitrogens with one attached hydrogen (secondary N) is 2. The van der Waals surface area contributed by atoms with E-state index in [1.165, 1.54) is 4.88 Å². The molecule has 5 nitrogen and oxygen atoms in total. The van der Waals surface area contributed by atoms with Gasteiger partial charge in [0.05, 0.1) is 16.2 Å². The fraction of sp³-hybridized carbons (Fsp3) is 0.316. The van der Waals surface area contributed by atoms with Gasteiger partial charge in [-0.25, -0.2) is 9.78 Å². The molecule has 2 heterocycles. The molecule has 2 N–H and O–H groups in total. The van der Waals surface area contributed by atoms with E-state index < -0.39 is 0 Å². The average molecular weight is 354 g/mol. The molecule has 1 atom stereocenters. The number of amides is 2. The summed E-state index contributed by atoms with van der Waals surface area (Å²) >= 11 is 1.67. The molecule has 0 fully saturated rings. The summed E-state index contributed by atoms with van der Waals surface area (Å²) in [5.74, 6) is 0.185. The van der Waals surface area contributed by atoms with Crippen molar-refractivity contribution in [1.29, 1.82) is 0 Å². The molecular formula is C19H22N4OS. The second kappa shape index (κ2) is 7.61. The number of aryl methyl sites for hydroxylation is 2. The van der Waals surface area contributed by atoms with Crippen molar-refractivity contribution in [3.8, 4) is 0 Å². The number of thiazole rings is 1. The van der Waals surface area contributed by atoms with Crippen molar-refractivity contribution in [3.63, 3.8) is 0 Å². The van der Waals surface area contributed by atoms with Gasteiger partial charge in [0.1, 0.15) is 0 Å². The lowest BCUT2D eigenvalue weighted by Crippen LogP contribution is -2.31. The molecule has 130 valence electrons. The highest BCUT2D eigenvalue weighted by atomic mass is 32.1. The van der Waals surface area contributed by atoms with Gasteiger partial charge >= 0.3 is 6.03 Å². The molecule has 3 aromatic rings. The van der Waals surface area contributed by atoms with Gasteiger partial charge in [-0.15, -0.1) is 11.3 Å². The number of hydrogen-bond acceptors (Lipinski definition) is 4. The zero-order valence-electron chi connectivity index (χ0n) is 14.7. The lowest BCUT2D eigenvalue weighted by molar-refractivity contribution is 0.251. The number of pyridine rings is 1. The van der Waals surface area contributed by atoms with E-state index >= 15 is 0 Å². The summed E-state index contributed by atoms with van der Waals surface area (Å²) in [6.45, 7) is 6.70. The topological polar surface area (TPSA) is 66.9 Å². The Morgan fingerprint density at radius 2 is 2.12 bits per heavy atom. The molecule has 0 aliphatic carbocycles. The smallest absolute Gasteiger partial charge is 0.319 e. The zero-order valence-corrected chi connectivity index (χ0v) is 15.5. The fourth-order valence-electron chi connectivity index (χ4n) is 2.61. The normalized spacial score (nSPS) is 12.1. The van der Waals surface area contributed by atoms with E-state index in [1.54, 1.807) is 11.3 Å². The number of rotatable bonds is 5. The summed E-state index contributed by atoms with van der Waals surface area (Å²) in [6, 6.07) is 9.57. The van der Waals surface area contributed by atoms with E-state index in [2.05, 4.69) is 34.4 Å². The summed E-state index contributed by atoms with van der Waals surface area (Å²) in [5, 5.41) is 7.89. The Balaban J connectivity index is 1.69. The summed E-state index contributed by atoms with van der Waals surface area (Å²) in [6.07, 6.45) is 2.69. The van der Waals surface area contributed by atoms with Gasteiger partial charge in [0.25, 0.3) is 0 Å². The Bertz CT molecular complexity index is 890. The number of hydrogen-bond donors (Lipinski definition) is 2. The molecule has 0 radical (unpaired) electrons. The highest BCUT2D eigenvalue weighted by Gasteiger charge is 2.12. The third-order valence-electron chi connectivity index (χ3n) is 4.01. The molecule has 1 unspecified atom stereocenters. The van der Waals surface area contributed by atoms with Gasteiger partial charge in [0, 0.05) is 34.6 Å². The maximum absolute atomic E-state index is 12.3. The van der Waals surface area contributed by atoms with Gasteiger partial charge in [-0.1, -0.05) is 32.0 Å². The highest BCUT2D eigenvalue weighted by Crippen LogP contribution is 2.24. The summed E-state index contributed by atoms with van der Waals surface area (Å²) in [5.41, 5.74) is 2.64. The molecule has 1 aromatic carbocycles. The number of benzene rings is 1. The number of carbonyl (C=O) groups is 1. The van der Waals surface area contributed by atoms with E-state index in [0.29, 0.717) is 6.54 Å². The van der Waals surface area contributed by atoms with Crippen LogP contribution in [0.3, 0.4) is 0 Å². The van der Waals surface area contributed by atoms with Gasteiger partial charge in [-0.05, 0) is 25.5 Å². The molecule has 0 aliphatic heterocycles. The van der Waals surface area contributed by atoms with Crippen LogP contribution in [0.15, 0.2) is 36.5 Å². The minimum atomic E-state index is -0.210. The van der Waals surface area contributed by atoms with Crippen LogP contribution >= 0.6 is 11.3 Å². The highest BCUT2D eigenvalue weighted by molar-refractivity contribution is 7.11. The molecule has 3 rings (SSSR count). The third-order valence-corrected chi connectivity index (χ3v) is 5.15. The van der Waals surface area contributed by atoms with Crippen LogP contribution in [0.2, 0.25) is 0 Å². The van der Waals surface area contributed by atoms with E-state index in [1.807, 2.05) is 43.5 Å². The first-order valence-corrected chi connectivity index (χ1v) is 9.24. The molecule has 6 heteroatoms. The number of para-hydroxylation sites is 1. The molecule has 0 spiro atoms. The van der Waals surface area contributed by atoms with Gasteiger partial charge < -0.3 is 10.6 Å². The maximum atomic E-state index is 12.3. The number of nitrogens with zero attached hydrogens (tertiary/aromatic N) is 2. The van der Waals surface area contributed by atoms with Gasteiger partial charge in [0.2, 0.25) is 0 Å². The van der Waals surface area contributed by atoms with Gasteiger partial charge in [-0.3, -0.25) is 4.98 Å². The largest absolute Gasteiger partial charge is 0.337 e. The summed E-state index contributed by atoms with van der Waals surface area (Å²) in [7, 11) is 0. The van der Waals surface area contributed by atoms with Gasteiger partial charge in [-0.2, -0.15) is 0 Å². The monoisotopic (exact) mass is 354 g/mol. The van der Waals surface area contributed by atoms with Crippen molar-refractivity contribution >= 4 is 34.0 Å². The Labute approximate surface area is 151 Å². The Kier molecular flexibility index (Phi) is 5.28. The van der Waals surface area contributed by atoms with E-state index in [4.69, 9.17) is 0 Å². The SMILES string of the molecule is CCc1cc(NC(=O)NCC(C)c2ncc(C)s2)c2ccccc2n1. The molecule has 2 amide bonds. The Hall–Kier alpha value is -2.47. The van der Waals surface area contributed by atoms with Crippen LogP contribution in [0.4, 0.5) is 10.5 Å². The van der Waals surface area contributed by atoms with E-state index in [-0.39, 0.29) is 11.9 Å². The molecule has 0 bridgehead atoms. The van der Waals surface area contributed by atoms with Crippen molar-refractivity contribution < 1.29 is 4.79 Å². The molecule has 25 heavy (non-hydrogen) atoms. The second-order valence-corrected chi connectivity index (χ2v) is 7.34. The van der Waals surface area contributed by atoms with E-state index in [0.717, 1.165) is 33.7 Å². The molecule has 0 saturated heterocycles. The van der Waals surface area contributed by atoms with Crippen LogP contribution in [0, 0.1) is 6.92 Å². The quantitative estimate of drug-likeness (QED) is 0.709. The molecule has 2 aromatic heterocycles. The average Bonchev–Trinajstić information content (AvgIpc) is 3.06. The molecule has 0 aliphatic rings. The first-order chi connectivity index (χ1) is 12.1. The lowest BCUT2D eigenvalue weighted by atomic mass is 10.1. The fourth-order valence-corrected chi connectivity index (χ4v) is 3.44. The second-order valence-electron chi connectivity index (χ2n) is 6.08. The molecule has 0 saturated carbocycles. The van der Waals surface area contributed by atoms with Crippen molar-refractivity contribution in [1.82, 2.24) is 15.3 Å². The minimum Gasteiger partial charge on any atom is -0.337 e. The van der Waals surface area contributed by atoms with Crippen LogP contribution < -0.4 is 10.6 Å². The predicted octanol–water partition coefficient (Wildman–Crippen LogP) is 4.49. The van der Waals surface area contributed by atoms with Gasteiger partial charge in [0.15, 0.2) is 0 Å². The number of urea groups is 1. The summed E-state index contributed by atoms with van der Waals surface area (Å²) < 4.78 is 0. The number of fused-ring (bicyclic) bond motifs is 1. The first-order valence-electron chi connectivity index (χ1n) is 8.42. The number of carbonyl (C=O) groups excluding carboxylic acids is 1. The third kappa shape index (κ3) is 4.14. The van der Waals surface area contributed by atoms with Crippen molar-refractivity contribution in [2.75, 3.05) is 11.9 Å². The molecular weight excluding hydrogens is 332 g/mol. The zero-order chi connectivity index (χ0) is 17.8. The minimum absolute atomic E-state index is 0.185. The Morgan fingerprint density at radius 1 is 1.32 bits per heavy atom. The van der Waals surface area contributed by atoms with Crippen molar-refractivity contribution in [3.05, 3.63) is 52.1 Å². The van der Waals surface area contributed by atoms with Crippen LogP contribution in [-0.2, 0) is 6.42 Å². The maximum Gasteiger partial charge on any atom is 0.319 e. The van der Waals surface area contributed by atoms with Crippen LogP contribution in [0.1, 0.15) is 35.3 Å². The number of anilines is 1. The standard InChI is InChI=1S/C19H22N4OS/c1-4-14-9-17(15-7-5-6-8-16(15)22-14)23-19(24)21-10-12(2)18-20-11-13(3)25-18/h5-9,11-12H,4,10H2,1-3H3,(H2,21,22,23,24). The van der Waals surface area contributed by atoms with Crippen LogP contribution in [0.25, 0.3) is 10.9 Å². The summed E-state index contributed by atoms with van der Waals surface area (Å²) in [4.78, 5) is 22.5. The lowest BCUT2D eigenvalue weighted by Gasteiger charge is -2.13. The van der Waals surface area contributed by atoms with Crippen molar-refractivity contribution in [2.45, 2.75) is 33.1 Å². The van der Waals surface area contributed by atoms with Crippen LogP contribution in [0.5, 0.6) is 0 Å². The van der Waals surface area contributed by atoms with Crippen molar-refractivity contribution in [2.24, 2.45) is 0 Å². The Morgan fingerprint density at radius 3 is 2.84 bits per heavy atom. The number of aromatic nitrogens is 2. The first kappa shape index (κ1) is 17.4. The predicted molar refractivity (Wildman–Crippen MR) is 103 cm³/mol.